The average Bonchev–Trinajstić information content (AvgIpc) is 3.16. The van der Waals surface area contributed by atoms with Gasteiger partial charge in [-0.2, -0.15) is 4.94 Å². The molecule has 3 fully saturated rings. The van der Waals surface area contributed by atoms with Crippen LogP contribution in [0.15, 0.2) is 65.3 Å². The van der Waals surface area contributed by atoms with E-state index in [1.807, 2.05) is 6.08 Å². The van der Waals surface area contributed by atoms with E-state index in [4.69, 9.17) is 23.7 Å². The Morgan fingerprint density at radius 2 is 1.73 bits per heavy atom. The molecule has 5 aliphatic rings. The number of amides is 1. The third-order valence-electron chi connectivity index (χ3n) is 12.9. The Morgan fingerprint density at radius 1 is 1.05 bits per heavy atom. The molecule has 59 heavy (non-hydrogen) atoms. The quantitative estimate of drug-likeness (QED) is 0.157. The molecule has 0 aromatic heterocycles. The van der Waals surface area contributed by atoms with Crippen LogP contribution in [0.25, 0.3) is 0 Å². The van der Waals surface area contributed by atoms with E-state index in [0.717, 1.165) is 6.92 Å². The van der Waals surface area contributed by atoms with Crippen LogP contribution in [0.3, 0.4) is 0 Å². The smallest absolute Gasteiger partial charge is 0.408 e. The van der Waals surface area contributed by atoms with Crippen LogP contribution < -0.4 is 5.32 Å². The van der Waals surface area contributed by atoms with Gasteiger partial charge in [-0.15, -0.1) is 0 Å². The molecule has 2 bridgehead atoms. The lowest BCUT2D eigenvalue weighted by atomic mass is 9.44. The van der Waals surface area contributed by atoms with Gasteiger partial charge in [-0.05, 0) is 80.8 Å². The summed E-state index contributed by atoms with van der Waals surface area (Å²) in [6.07, 6.45) is -5.58. The second-order valence-electron chi connectivity index (χ2n) is 17.9. The van der Waals surface area contributed by atoms with Crippen LogP contribution in [-0.4, -0.2) is 111 Å². The number of carbonyl (C=O) groups excluding carboxylic acids is 5. The molecule has 4 N–H and O–H groups in total. The highest BCUT2D eigenvalue weighted by molar-refractivity contribution is 5.94. The van der Waals surface area contributed by atoms with E-state index in [2.05, 4.69) is 10.3 Å². The molecule has 6 rings (SSSR count). The molecular formula is C43H54FNO14. The Morgan fingerprint density at radius 3 is 2.29 bits per heavy atom. The highest BCUT2D eigenvalue weighted by Gasteiger charge is 2.78. The summed E-state index contributed by atoms with van der Waals surface area (Å²) in [6, 6.07) is 6.40. The molecule has 1 aromatic carbocycles. The van der Waals surface area contributed by atoms with Crippen molar-refractivity contribution < 1.29 is 72.4 Å². The maximum atomic E-state index is 15.0. The fraction of sp³-hybridized carbons (Fsp3) is 0.605. The SMILES string of the molecule is CC(=O)O[C@@]12COC1C[C@H](OF)[C@@]1(C)C(=O)C(O)C3=C(C)[C@@H](OC(=O)[C@H](O)[C@@H](NC(=O)OC(C)(C)C)C4=CCCC=C4)CC(O)([C@@H](OC(=O)c4ccccc4)C21)C3(C)C. The van der Waals surface area contributed by atoms with Crippen LogP contribution in [0.1, 0.15) is 91.4 Å². The zero-order chi connectivity index (χ0) is 43.5. The zero-order valence-corrected chi connectivity index (χ0v) is 34.5. The second kappa shape index (κ2) is 15.8. The first-order valence-corrected chi connectivity index (χ1v) is 19.8. The highest BCUT2D eigenvalue weighted by atomic mass is 19.3. The number of Topliss-reactive ketones (excluding diaryl/α,β-unsaturated/α-hetero) is 1. The summed E-state index contributed by atoms with van der Waals surface area (Å²) in [6.45, 7) is 11.5. The fourth-order valence-electron chi connectivity index (χ4n) is 9.87. The normalized spacial score (nSPS) is 34.6. The van der Waals surface area contributed by atoms with Crippen molar-refractivity contribution in [1.82, 2.24) is 5.32 Å². The number of alkyl carbamates (subject to hydrolysis) is 1. The molecule has 15 nitrogen and oxygen atoms in total. The molecule has 4 aliphatic carbocycles. The van der Waals surface area contributed by atoms with E-state index in [1.54, 1.807) is 51.1 Å². The van der Waals surface area contributed by atoms with Crippen LogP contribution in [0.5, 0.6) is 0 Å². The molecular weight excluding hydrogens is 773 g/mol. The maximum absolute atomic E-state index is 15.0. The lowest BCUT2D eigenvalue weighted by Crippen LogP contribution is -2.81. The molecule has 1 aliphatic heterocycles. The number of carbonyl (C=O) groups is 5. The van der Waals surface area contributed by atoms with Crippen LogP contribution in [0.2, 0.25) is 0 Å². The zero-order valence-electron chi connectivity index (χ0n) is 34.5. The molecule has 1 amide bonds. The lowest BCUT2D eigenvalue weighted by Gasteiger charge is -2.67. The molecule has 11 atom stereocenters. The van der Waals surface area contributed by atoms with Crippen LogP contribution in [0, 0.1) is 16.7 Å². The third-order valence-corrected chi connectivity index (χ3v) is 12.9. The number of aliphatic hydroxyl groups is 3. The van der Waals surface area contributed by atoms with Crippen molar-refractivity contribution in [3.63, 3.8) is 0 Å². The number of esters is 3. The number of halogens is 1. The van der Waals surface area contributed by atoms with Crippen molar-refractivity contribution in [2.24, 2.45) is 16.7 Å². The number of hydrogen-bond donors (Lipinski definition) is 4. The van der Waals surface area contributed by atoms with E-state index in [-0.39, 0.29) is 29.7 Å². The molecule has 0 spiro atoms. The van der Waals surface area contributed by atoms with Gasteiger partial charge in [0.15, 0.2) is 17.5 Å². The largest absolute Gasteiger partial charge is 0.456 e. The molecule has 1 saturated heterocycles. The van der Waals surface area contributed by atoms with Gasteiger partial charge in [0.1, 0.15) is 41.7 Å². The van der Waals surface area contributed by atoms with Crippen LogP contribution in [0.4, 0.5) is 9.32 Å². The number of hydrogen-bond acceptors (Lipinski definition) is 14. The van der Waals surface area contributed by atoms with Crippen molar-refractivity contribution in [2.75, 3.05) is 6.61 Å². The Bertz CT molecular complexity index is 1960. The lowest BCUT2D eigenvalue weighted by molar-refractivity contribution is -0.365. The second-order valence-corrected chi connectivity index (χ2v) is 17.9. The first-order valence-electron chi connectivity index (χ1n) is 19.8. The van der Waals surface area contributed by atoms with E-state index in [9.17, 15) is 39.0 Å². The van der Waals surface area contributed by atoms with Crippen LogP contribution >= 0.6 is 0 Å². The number of ketones is 1. The average molecular weight is 828 g/mol. The number of nitrogens with one attached hydrogen (secondary N) is 1. The highest BCUT2D eigenvalue weighted by Crippen LogP contribution is 2.64. The van der Waals surface area contributed by atoms with Gasteiger partial charge in [-0.25, -0.2) is 14.4 Å². The van der Waals surface area contributed by atoms with Crippen molar-refractivity contribution in [1.29, 1.82) is 0 Å². The minimum Gasteiger partial charge on any atom is -0.456 e. The van der Waals surface area contributed by atoms with Gasteiger partial charge in [0, 0.05) is 25.2 Å². The molecule has 0 radical (unpaired) electrons. The summed E-state index contributed by atoms with van der Waals surface area (Å²) in [5, 5.41) is 39.8. The predicted octanol–water partition coefficient (Wildman–Crippen LogP) is 4.07. The standard InChI is InChI=1S/C43H54FNO14/c1-22-26(55-37(51)32(48)30(24-15-11-9-12-16-24)45-38(52)58-39(3,4)5)20-43(53)35(56-36(50)25-17-13-10-14-18-25)33-41(8,34(49)31(47)29(22)40(43,6)7)27(59-44)19-28-42(33,21-54-28)57-23(2)46/h10-11,13-18,26-28,30-33,35,47-48,53H,9,12,19-21H2,1-8H3,(H,45,52)/t26-,27-,28?,30-,31?,32+,33?,35-,41+,42-,43?/m0/s1. The summed E-state index contributed by atoms with van der Waals surface area (Å²) < 4.78 is 44.3. The van der Waals surface area contributed by atoms with Gasteiger partial charge in [-0.3, -0.25) is 9.59 Å². The number of allylic oxidation sites excluding steroid dienone is 2. The van der Waals surface area contributed by atoms with Gasteiger partial charge in [-0.1, -0.05) is 50.3 Å². The molecule has 4 unspecified atom stereocenters. The summed E-state index contributed by atoms with van der Waals surface area (Å²) in [7, 11) is 0. The first kappa shape index (κ1) is 44.1. The number of fused-ring (bicyclic) bond motifs is 5. The third kappa shape index (κ3) is 7.51. The van der Waals surface area contributed by atoms with E-state index < -0.39 is 112 Å². The number of rotatable bonds is 9. The molecule has 1 heterocycles. The minimum atomic E-state index is -2.41. The van der Waals surface area contributed by atoms with E-state index in [1.165, 1.54) is 39.8 Å². The minimum absolute atomic E-state index is 0.0459. The number of benzene rings is 1. The number of ether oxygens (including phenoxy) is 5. The monoisotopic (exact) mass is 827 g/mol. The maximum Gasteiger partial charge on any atom is 0.408 e. The van der Waals surface area contributed by atoms with Crippen molar-refractivity contribution in [3.8, 4) is 0 Å². The summed E-state index contributed by atoms with van der Waals surface area (Å²) in [5.74, 6) is -5.65. The van der Waals surface area contributed by atoms with Gasteiger partial charge < -0.3 is 44.3 Å². The van der Waals surface area contributed by atoms with Crippen molar-refractivity contribution >= 4 is 29.8 Å². The molecule has 16 heteroatoms. The summed E-state index contributed by atoms with van der Waals surface area (Å²) in [5.41, 5.74) is -8.51. The van der Waals surface area contributed by atoms with Crippen molar-refractivity contribution in [2.45, 2.75) is 141 Å². The van der Waals surface area contributed by atoms with E-state index >= 15 is 4.79 Å². The predicted molar refractivity (Wildman–Crippen MR) is 205 cm³/mol. The molecule has 1 aromatic rings. The van der Waals surface area contributed by atoms with E-state index in [0.29, 0.717) is 18.4 Å². The van der Waals surface area contributed by atoms with Crippen molar-refractivity contribution in [3.05, 3.63) is 70.8 Å². The summed E-state index contributed by atoms with van der Waals surface area (Å²) in [4.78, 5) is 73.6. The Hall–Kier alpha value is -4.48. The van der Waals surface area contributed by atoms with Gasteiger partial charge >= 0.3 is 24.0 Å². The topological polar surface area (TPSA) is 213 Å². The Kier molecular flexibility index (Phi) is 11.8. The molecule has 2 saturated carbocycles. The van der Waals surface area contributed by atoms with Crippen LogP contribution in [-0.2, 0) is 43.0 Å². The Labute approximate surface area is 341 Å². The van der Waals surface area contributed by atoms with Gasteiger partial charge in [0.2, 0.25) is 0 Å². The molecule has 322 valence electrons. The summed E-state index contributed by atoms with van der Waals surface area (Å²) >= 11 is 0. The first-order chi connectivity index (χ1) is 27.5. The fourth-order valence-corrected chi connectivity index (χ4v) is 9.87. The Balaban J connectivity index is 1.49. The van der Waals surface area contributed by atoms with Gasteiger partial charge in [0.25, 0.3) is 0 Å². The number of aliphatic hydroxyl groups excluding tert-OH is 2. The van der Waals surface area contributed by atoms with Gasteiger partial charge in [0.05, 0.1) is 29.5 Å².